The summed E-state index contributed by atoms with van der Waals surface area (Å²) in [5, 5.41) is 11.6. The van der Waals surface area contributed by atoms with Gasteiger partial charge in [-0.2, -0.15) is 0 Å². The van der Waals surface area contributed by atoms with Gasteiger partial charge in [-0.25, -0.2) is 13.1 Å². The van der Waals surface area contributed by atoms with Crippen molar-refractivity contribution in [1.82, 2.24) is 4.72 Å². The second kappa shape index (κ2) is 7.76. The molecule has 0 heterocycles. The topological polar surface area (TPSA) is 113 Å². The second-order valence-corrected chi connectivity index (χ2v) is 8.00. The SMILES string of the molecule is CCC(C)(CC(=O)O)CC(=O)Nc1ccc(C)c(S(=O)(=O)NC)c1. The molecule has 0 bridgehead atoms. The van der Waals surface area contributed by atoms with Gasteiger partial charge in [0.2, 0.25) is 15.9 Å². The third-order valence-electron chi connectivity index (χ3n) is 4.05. The summed E-state index contributed by atoms with van der Waals surface area (Å²) in [5.74, 6) is -1.30. The summed E-state index contributed by atoms with van der Waals surface area (Å²) in [6.07, 6.45) is 0.474. The molecule has 1 rings (SSSR count). The molecule has 0 aliphatic rings. The van der Waals surface area contributed by atoms with Crippen LogP contribution in [-0.4, -0.2) is 32.4 Å². The van der Waals surface area contributed by atoms with Crippen LogP contribution >= 0.6 is 0 Å². The average Bonchev–Trinajstić information content (AvgIpc) is 2.48. The van der Waals surface area contributed by atoms with Crippen LogP contribution in [0.1, 0.15) is 38.7 Å². The zero-order valence-electron chi connectivity index (χ0n) is 14.3. The van der Waals surface area contributed by atoms with Crippen molar-refractivity contribution in [3.63, 3.8) is 0 Å². The van der Waals surface area contributed by atoms with Crippen molar-refractivity contribution in [3.05, 3.63) is 23.8 Å². The van der Waals surface area contributed by atoms with Gasteiger partial charge in [0.05, 0.1) is 11.3 Å². The number of hydrogen-bond donors (Lipinski definition) is 3. The summed E-state index contributed by atoms with van der Waals surface area (Å²) in [6.45, 7) is 5.24. The molecule has 1 unspecified atom stereocenters. The highest BCUT2D eigenvalue weighted by Crippen LogP contribution is 2.30. The van der Waals surface area contributed by atoms with E-state index in [4.69, 9.17) is 5.11 Å². The van der Waals surface area contributed by atoms with Gasteiger partial charge in [0.15, 0.2) is 0 Å². The largest absolute Gasteiger partial charge is 0.481 e. The number of hydrogen-bond acceptors (Lipinski definition) is 4. The van der Waals surface area contributed by atoms with Crippen LogP contribution in [-0.2, 0) is 19.6 Å². The fourth-order valence-corrected chi connectivity index (χ4v) is 3.34. The van der Waals surface area contributed by atoms with E-state index >= 15 is 0 Å². The van der Waals surface area contributed by atoms with Crippen LogP contribution in [0.2, 0.25) is 0 Å². The number of carbonyl (C=O) groups excluding carboxylic acids is 1. The molecule has 1 aromatic carbocycles. The Hall–Kier alpha value is -1.93. The number of rotatable bonds is 8. The quantitative estimate of drug-likeness (QED) is 0.660. The van der Waals surface area contributed by atoms with Crippen molar-refractivity contribution in [1.29, 1.82) is 0 Å². The number of carboxylic acids is 1. The number of aryl methyl sites for hydroxylation is 1. The van der Waals surface area contributed by atoms with Crippen molar-refractivity contribution in [3.8, 4) is 0 Å². The van der Waals surface area contributed by atoms with E-state index < -0.39 is 21.4 Å². The molecule has 1 atom stereocenters. The van der Waals surface area contributed by atoms with Crippen molar-refractivity contribution in [2.45, 2.75) is 44.9 Å². The zero-order chi connectivity index (χ0) is 18.5. The van der Waals surface area contributed by atoms with E-state index in [1.54, 1.807) is 26.0 Å². The van der Waals surface area contributed by atoms with Crippen molar-refractivity contribution in [2.75, 3.05) is 12.4 Å². The number of sulfonamides is 1. The second-order valence-electron chi connectivity index (χ2n) is 6.15. The van der Waals surface area contributed by atoms with Crippen LogP contribution < -0.4 is 10.0 Å². The van der Waals surface area contributed by atoms with E-state index in [1.807, 2.05) is 6.92 Å². The first kappa shape index (κ1) is 20.1. The summed E-state index contributed by atoms with van der Waals surface area (Å²) in [7, 11) is -2.30. The Labute approximate surface area is 142 Å². The Kier molecular flexibility index (Phi) is 6.50. The van der Waals surface area contributed by atoms with E-state index in [0.29, 0.717) is 17.7 Å². The molecular weight excluding hydrogens is 332 g/mol. The van der Waals surface area contributed by atoms with Gasteiger partial charge in [0, 0.05) is 12.1 Å². The number of aliphatic carboxylic acids is 1. The van der Waals surface area contributed by atoms with Crippen LogP contribution in [0.25, 0.3) is 0 Å². The summed E-state index contributed by atoms with van der Waals surface area (Å²) in [6, 6.07) is 4.61. The zero-order valence-corrected chi connectivity index (χ0v) is 15.2. The first-order chi connectivity index (χ1) is 11.0. The molecule has 0 saturated heterocycles. The Morgan fingerprint density at radius 2 is 1.88 bits per heavy atom. The number of nitrogens with one attached hydrogen (secondary N) is 2. The molecule has 0 aliphatic heterocycles. The van der Waals surface area contributed by atoms with Crippen LogP contribution in [0.5, 0.6) is 0 Å². The molecule has 8 heteroatoms. The number of benzene rings is 1. The fourth-order valence-electron chi connectivity index (χ4n) is 2.35. The lowest BCUT2D eigenvalue weighted by Gasteiger charge is -2.25. The van der Waals surface area contributed by atoms with Gasteiger partial charge >= 0.3 is 5.97 Å². The molecule has 1 aromatic rings. The number of anilines is 1. The summed E-state index contributed by atoms with van der Waals surface area (Å²) in [4.78, 5) is 23.2. The Bertz CT molecular complexity index is 730. The highest BCUT2D eigenvalue weighted by Gasteiger charge is 2.28. The van der Waals surface area contributed by atoms with E-state index in [1.165, 1.54) is 13.1 Å². The monoisotopic (exact) mass is 356 g/mol. The summed E-state index contributed by atoms with van der Waals surface area (Å²) < 4.78 is 26.2. The lowest BCUT2D eigenvalue weighted by Crippen LogP contribution is -2.27. The number of carboxylic acid groups (broad SMARTS) is 1. The van der Waals surface area contributed by atoms with Gasteiger partial charge in [-0.15, -0.1) is 0 Å². The Balaban J connectivity index is 2.96. The molecular formula is C16H24N2O5S. The van der Waals surface area contributed by atoms with Gasteiger partial charge in [0.1, 0.15) is 0 Å². The molecule has 0 radical (unpaired) electrons. The summed E-state index contributed by atoms with van der Waals surface area (Å²) in [5.41, 5.74) is 0.264. The first-order valence-corrected chi connectivity index (χ1v) is 9.07. The third-order valence-corrected chi connectivity index (χ3v) is 5.61. The van der Waals surface area contributed by atoms with Gasteiger partial charge < -0.3 is 10.4 Å². The molecule has 0 spiro atoms. The Morgan fingerprint density at radius 1 is 1.25 bits per heavy atom. The van der Waals surface area contributed by atoms with Gasteiger partial charge in [-0.05, 0) is 43.5 Å². The van der Waals surface area contributed by atoms with Crippen LogP contribution in [0.15, 0.2) is 23.1 Å². The minimum absolute atomic E-state index is 0.0395. The van der Waals surface area contributed by atoms with E-state index in [0.717, 1.165) is 0 Å². The number of amides is 1. The lowest BCUT2D eigenvalue weighted by molar-refractivity contribution is -0.140. The molecule has 134 valence electrons. The smallest absolute Gasteiger partial charge is 0.303 e. The van der Waals surface area contributed by atoms with Crippen LogP contribution in [0, 0.1) is 12.3 Å². The molecule has 1 amide bonds. The molecule has 0 aliphatic carbocycles. The Morgan fingerprint density at radius 3 is 2.38 bits per heavy atom. The first-order valence-electron chi connectivity index (χ1n) is 7.59. The van der Waals surface area contributed by atoms with Crippen molar-refractivity contribution in [2.24, 2.45) is 5.41 Å². The molecule has 3 N–H and O–H groups in total. The highest BCUT2D eigenvalue weighted by molar-refractivity contribution is 7.89. The van der Waals surface area contributed by atoms with Crippen LogP contribution in [0.3, 0.4) is 0 Å². The predicted molar refractivity (Wildman–Crippen MR) is 91.3 cm³/mol. The molecule has 0 aromatic heterocycles. The standard InChI is InChI=1S/C16H24N2O5S/c1-5-16(3,10-15(20)21)9-14(19)18-12-7-6-11(2)13(8-12)24(22,23)17-4/h6-8,17H,5,9-10H2,1-4H3,(H,18,19)(H,20,21). The highest BCUT2D eigenvalue weighted by atomic mass is 32.2. The molecule has 0 fully saturated rings. The maximum absolute atomic E-state index is 12.2. The normalized spacial score (nSPS) is 14.0. The minimum Gasteiger partial charge on any atom is -0.481 e. The third kappa shape index (κ3) is 5.31. The van der Waals surface area contributed by atoms with Gasteiger partial charge in [-0.1, -0.05) is 19.9 Å². The van der Waals surface area contributed by atoms with Crippen molar-refractivity contribution < 1.29 is 23.1 Å². The number of carbonyl (C=O) groups is 2. The van der Waals surface area contributed by atoms with Gasteiger partial charge in [-0.3, -0.25) is 9.59 Å². The summed E-state index contributed by atoms with van der Waals surface area (Å²) >= 11 is 0. The maximum atomic E-state index is 12.2. The van der Waals surface area contributed by atoms with E-state index in [-0.39, 0.29) is 23.6 Å². The van der Waals surface area contributed by atoms with Crippen LogP contribution in [0.4, 0.5) is 5.69 Å². The maximum Gasteiger partial charge on any atom is 0.303 e. The van der Waals surface area contributed by atoms with E-state index in [9.17, 15) is 18.0 Å². The predicted octanol–water partition coefficient (Wildman–Crippen LogP) is 2.12. The molecule has 0 saturated carbocycles. The van der Waals surface area contributed by atoms with E-state index in [2.05, 4.69) is 10.0 Å². The van der Waals surface area contributed by atoms with Crippen molar-refractivity contribution >= 4 is 27.6 Å². The van der Waals surface area contributed by atoms with Gasteiger partial charge in [0.25, 0.3) is 0 Å². The minimum atomic E-state index is -3.62. The molecule has 7 nitrogen and oxygen atoms in total. The average molecular weight is 356 g/mol. The molecule has 24 heavy (non-hydrogen) atoms. The fraction of sp³-hybridized carbons (Fsp3) is 0.500. The lowest BCUT2D eigenvalue weighted by atomic mass is 9.80.